The molecule has 2 aromatic carbocycles. The average Bonchev–Trinajstić information content (AvgIpc) is 2.82. The van der Waals surface area contributed by atoms with Gasteiger partial charge in [-0.05, 0) is 51.1 Å². The number of para-hydroxylation sites is 1. The molecule has 2 aliphatic rings. The van der Waals surface area contributed by atoms with Crippen LogP contribution in [0.1, 0.15) is 37.3 Å². The lowest BCUT2D eigenvalue weighted by Crippen LogP contribution is -2.47. The van der Waals surface area contributed by atoms with Gasteiger partial charge >= 0.3 is 10.2 Å². The number of nitrogens with zero attached hydrogens (tertiary/aromatic N) is 3. The van der Waals surface area contributed by atoms with E-state index in [9.17, 15) is 13.2 Å². The highest BCUT2D eigenvalue weighted by Gasteiger charge is 2.31. The second-order valence-electron chi connectivity index (χ2n) is 8.07. The van der Waals surface area contributed by atoms with Crippen LogP contribution in [-0.2, 0) is 15.0 Å². The molecule has 2 aromatic rings. The van der Waals surface area contributed by atoms with Gasteiger partial charge < -0.3 is 15.4 Å². The van der Waals surface area contributed by atoms with E-state index in [0.29, 0.717) is 34.8 Å². The fraction of sp³-hybridized carbons (Fsp3) is 0.292. The molecule has 1 atom stereocenters. The standard InChI is InChI=1S/C24H27N5O4S/c1-3-17(18-10-4-5-11-19(18)26-2)24(30)29-14-7-6-9-16(29)15-33-21-13-8-12-20-22(21)23(25)28-34(31,32)27-20/h3-5,8,10-13,16,27H,2,6-7,9,14-15H2,1H3,(H2,25,28)/b17-3+/t16-/m1/s1. The first-order valence-electron chi connectivity index (χ1n) is 11.0. The Kier molecular flexibility index (Phi) is 6.69. The first-order chi connectivity index (χ1) is 16.3. The van der Waals surface area contributed by atoms with Crippen LogP contribution < -0.4 is 15.2 Å². The Morgan fingerprint density at radius 3 is 2.85 bits per heavy atom. The minimum absolute atomic E-state index is 0.0872. The molecule has 34 heavy (non-hydrogen) atoms. The number of piperidine rings is 1. The summed E-state index contributed by atoms with van der Waals surface area (Å²) in [4.78, 5) is 19.5. The number of fused-ring (bicyclic) bond motifs is 1. The Labute approximate surface area is 199 Å². The average molecular weight is 482 g/mol. The predicted octanol–water partition coefficient (Wildman–Crippen LogP) is 3.26. The number of benzene rings is 2. The highest BCUT2D eigenvalue weighted by Crippen LogP contribution is 2.32. The van der Waals surface area contributed by atoms with Crippen molar-refractivity contribution in [3.63, 3.8) is 0 Å². The molecular weight excluding hydrogens is 454 g/mol. The summed E-state index contributed by atoms with van der Waals surface area (Å²) in [6, 6.07) is 12.3. The fourth-order valence-electron chi connectivity index (χ4n) is 4.35. The van der Waals surface area contributed by atoms with Crippen molar-refractivity contribution in [3.8, 4) is 5.75 Å². The minimum Gasteiger partial charge on any atom is -0.491 e. The van der Waals surface area contributed by atoms with Crippen molar-refractivity contribution in [2.45, 2.75) is 32.2 Å². The summed E-state index contributed by atoms with van der Waals surface area (Å²) in [6.45, 7) is 6.31. The summed E-state index contributed by atoms with van der Waals surface area (Å²) in [5.41, 5.74) is 8.59. The molecule has 1 saturated heterocycles. The quantitative estimate of drug-likeness (QED) is 0.484. The van der Waals surface area contributed by atoms with Gasteiger partial charge in [0.25, 0.3) is 5.91 Å². The second kappa shape index (κ2) is 9.68. The highest BCUT2D eigenvalue weighted by atomic mass is 32.2. The maximum absolute atomic E-state index is 13.6. The summed E-state index contributed by atoms with van der Waals surface area (Å²) < 4.78 is 35.6. The van der Waals surface area contributed by atoms with Gasteiger partial charge in [0.15, 0.2) is 5.84 Å². The molecule has 1 fully saturated rings. The van der Waals surface area contributed by atoms with Crippen LogP contribution in [0.3, 0.4) is 0 Å². The number of aliphatic imine (C=N–C) groups is 1. The normalized spacial score (nSPS) is 19.4. The van der Waals surface area contributed by atoms with Crippen molar-refractivity contribution in [1.29, 1.82) is 0 Å². The van der Waals surface area contributed by atoms with E-state index >= 15 is 0 Å². The number of rotatable bonds is 6. The molecule has 2 heterocycles. The van der Waals surface area contributed by atoms with Crippen molar-refractivity contribution in [1.82, 2.24) is 4.90 Å². The number of hydrogen-bond acceptors (Lipinski definition) is 6. The van der Waals surface area contributed by atoms with Gasteiger partial charge in [0, 0.05) is 17.7 Å². The molecule has 0 unspecified atom stereocenters. The van der Waals surface area contributed by atoms with E-state index in [1.807, 2.05) is 36.1 Å². The van der Waals surface area contributed by atoms with E-state index in [4.69, 9.17) is 10.5 Å². The lowest BCUT2D eigenvalue weighted by Gasteiger charge is -2.36. The van der Waals surface area contributed by atoms with Crippen LogP contribution in [0.4, 0.5) is 11.4 Å². The molecule has 2 aliphatic heterocycles. The van der Waals surface area contributed by atoms with E-state index < -0.39 is 10.2 Å². The van der Waals surface area contributed by atoms with Crippen LogP contribution in [0.15, 0.2) is 57.9 Å². The third-order valence-corrected chi connectivity index (χ3v) is 6.86. The molecule has 178 valence electrons. The molecule has 9 nitrogen and oxygen atoms in total. The Balaban J connectivity index is 1.56. The molecule has 0 aromatic heterocycles. The van der Waals surface area contributed by atoms with Gasteiger partial charge in [0.05, 0.1) is 23.0 Å². The lowest BCUT2D eigenvalue weighted by atomic mass is 9.97. The van der Waals surface area contributed by atoms with Crippen molar-refractivity contribution < 1.29 is 17.9 Å². The molecule has 4 rings (SSSR count). The molecule has 0 spiro atoms. The lowest BCUT2D eigenvalue weighted by molar-refractivity contribution is -0.129. The highest BCUT2D eigenvalue weighted by molar-refractivity contribution is 7.91. The summed E-state index contributed by atoms with van der Waals surface area (Å²) >= 11 is 0. The smallest absolute Gasteiger partial charge is 0.344 e. The molecule has 10 heteroatoms. The van der Waals surface area contributed by atoms with Gasteiger partial charge in [-0.25, -0.2) is 0 Å². The SMILES string of the molecule is C=Nc1ccccc1/C(=C\C)C(=O)N1CCCC[C@@H]1COc1cccc2c1C(N)=NS(=O)(=O)N2. The maximum atomic E-state index is 13.6. The molecule has 0 saturated carbocycles. The fourth-order valence-corrected chi connectivity index (χ4v) is 5.20. The van der Waals surface area contributed by atoms with Gasteiger partial charge in [0.2, 0.25) is 0 Å². The Morgan fingerprint density at radius 2 is 2.09 bits per heavy atom. The number of carbonyl (C=O) groups is 1. The van der Waals surface area contributed by atoms with E-state index in [-0.39, 0.29) is 24.4 Å². The van der Waals surface area contributed by atoms with Crippen LogP contribution in [0, 0.1) is 0 Å². The van der Waals surface area contributed by atoms with Crippen LogP contribution >= 0.6 is 0 Å². The third-order valence-electron chi connectivity index (χ3n) is 5.94. The summed E-state index contributed by atoms with van der Waals surface area (Å²) in [7, 11) is -3.88. The van der Waals surface area contributed by atoms with Crippen molar-refractivity contribution in [3.05, 3.63) is 59.7 Å². The number of nitrogens with two attached hydrogens (primary N) is 1. The number of amidine groups is 1. The number of nitrogens with one attached hydrogen (secondary N) is 1. The Bertz CT molecular complexity index is 1290. The van der Waals surface area contributed by atoms with Crippen molar-refractivity contribution in [2.24, 2.45) is 15.1 Å². The maximum Gasteiger partial charge on any atom is 0.344 e. The van der Waals surface area contributed by atoms with E-state index in [1.165, 1.54) is 0 Å². The number of carbonyl (C=O) groups excluding carboxylic acids is 1. The van der Waals surface area contributed by atoms with E-state index in [1.54, 1.807) is 24.3 Å². The summed E-state index contributed by atoms with van der Waals surface area (Å²) in [6.07, 6.45) is 4.47. The van der Waals surface area contributed by atoms with Crippen molar-refractivity contribution >= 4 is 45.6 Å². The van der Waals surface area contributed by atoms with Crippen LogP contribution in [0.25, 0.3) is 5.57 Å². The van der Waals surface area contributed by atoms with Gasteiger partial charge in [-0.3, -0.25) is 14.5 Å². The monoisotopic (exact) mass is 481 g/mol. The molecule has 0 bridgehead atoms. The first kappa shape index (κ1) is 23.5. The molecule has 3 N–H and O–H groups in total. The van der Waals surface area contributed by atoms with Gasteiger partial charge in [-0.2, -0.15) is 8.42 Å². The zero-order valence-corrected chi connectivity index (χ0v) is 19.7. The number of hydrogen-bond donors (Lipinski definition) is 2. The van der Waals surface area contributed by atoms with Gasteiger partial charge in [0.1, 0.15) is 12.4 Å². The van der Waals surface area contributed by atoms with E-state index in [2.05, 4.69) is 20.8 Å². The van der Waals surface area contributed by atoms with Gasteiger partial charge in [-0.1, -0.05) is 30.3 Å². The zero-order chi connectivity index (χ0) is 24.3. The number of ether oxygens (including phenoxy) is 1. The van der Waals surface area contributed by atoms with Crippen LogP contribution in [0.2, 0.25) is 0 Å². The largest absolute Gasteiger partial charge is 0.491 e. The first-order valence-corrected chi connectivity index (χ1v) is 12.5. The number of allylic oxidation sites excluding steroid dienone is 1. The summed E-state index contributed by atoms with van der Waals surface area (Å²) in [5.74, 6) is 0.188. The molecule has 0 aliphatic carbocycles. The second-order valence-corrected chi connectivity index (χ2v) is 9.41. The third kappa shape index (κ3) is 4.67. The molecular formula is C24H27N5O4S. The van der Waals surface area contributed by atoms with Crippen molar-refractivity contribution in [2.75, 3.05) is 17.9 Å². The Hall–Kier alpha value is -3.66. The van der Waals surface area contributed by atoms with Gasteiger partial charge in [-0.15, -0.1) is 4.40 Å². The van der Waals surface area contributed by atoms with E-state index in [0.717, 1.165) is 24.8 Å². The van der Waals surface area contributed by atoms with Crippen LogP contribution in [-0.4, -0.2) is 51.0 Å². The summed E-state index contributed by atoms with van der Waals surface area (Å²) in [5, 5.41) is 0. The zero-order valence-electron chi connectivity index (χ0n) is 18.9. The minimum atomic E-state index is -3.88. The predicted molar refractivity (Wildman–Crippen MR) is 134 cm³/mol. The molecule has 0 radical (unpaired) electrons. The molecule has 1 amide bonds. The van der Waals surface area contributed by atoms with Crippen LogP contribution in [0.5, 0.6) is 5.75 Å². The number of likely N-dealkylation sites (tertiary alicyclic amines) is 1. The number of anilines is 1. The number of amides is 1. The Morgan fingerprint density at radius 1 is 1.29 bits per heavy atom. The topological polar surface area (TPSA) is 126 Å².